The van der Waals surface area contributed by atoms with Crippen molar-refractivity contribution >= 4 is 11.6 Å². The number of hydrogen-bond acceptors (Lipinski definition) is 3. The fourth-order valence-electron chi connectivity index (χ4n) is 2.53. The summed E-state index contributed by atoms with van der Waals surface area (Å²) in [6, 6.07) is 4.47. The molecular formula is C15H17ClFN3O. The van der Waals surface area contributed by atoms with Gasteiger partial charge in [0.25, 0.3) is 0 Å². The van der Waals surface area contributed by atoms with Gasteiger partial charge in [0.2, 0.25) is 0 Å². The van der Waals surface area contributed by atoms with E-state index in [4.69, 9.17) is 16.3 Å². The lowest BCUT2D eigenvalue weighted by Gasteiger charge is -2.33. The van der Waals surface area contributed by atoms with E-state index in [2.05, 4.69) is 14.5 Å². The van der Waals surface area contributed by atoms with Crippen LogP contribution in [-0.4, -0.2) is 40.7 Å². The third-order valence-corrected chi connectivity index (χ3v) is 4.02. The summed E-state index contributed by atoms with van der Waals surface area (Å²) in [5, 5.41) is 0.427. The van der Waals surface area contributed by atoms with Crippen LogP contribution in [0.3, 0.4) is 0 Å². The molecule has 1 fully saturated rings. The molecule has 0 spiro atoms. The summed E-state index contributed by atoms with van der Waals surface area (Å²) in [6.45, 7) is 4.13. The molecule has 3 rings (SSSR count). The van der Waals surface area contributed by atoms with Crippen molar-refractivity contribution in [2.24, 2.45) is 0 Å². The third kappa shape index (κ3) is 3.61. The van der Waals surface area contributed by atoms with Gasteiger partial charge in [-0.2, -0.15) is 0 Å². The van der Waals surface area contributed by atoms with E-state index in [1.165, 1.54) is 12.1 Å². The molecule has 4 nitrogen and oxygen atoms in total. The molecule has 112 valence electrons. The monoisotopic (exact) mass is 309 g/mol. The molecule has 0 N–H and O–H groups in total. The maximum absolute atomic E-state index is 13.1. The molecule has 1 aromatic carbocycles. The van der Waals surface area contributed by atoms with Crippen molar-refractivity contribution in [1.82, 2.24) is 14.5 Å². The molecule has 1 saturated heterocycles. The van der Waals surface area contributed by atoms with Crippen molar-refractivity contribution < 1.29 is 9.13 Å². The van der Waals surface area contributed by atoms with Crippen LogP contribution in [0.25, 0.3) is 0 Å². The number of halogens is 2. The van der Waals surface area contributed by atoms with Crippen LogP contribution in [0.15, 0.2) is 36.9 Å². The Balaban J connectivity index is 1.62. The molecule has 2 aromatic rings. The highest BCUT2D eigenvalue weighted by Crippen LogP contribution is 2.29. The molecule has 1 aliphatic heterocycles. The van der Waals surface area contributed by atoms with Crippen LogP contribution in [0, 0.1) is 5.82 Å². The first-order valence-electron chi connectivity index (χ1n) is 6.97. The Labute approximate surface area is 128 Å². The number of aromatic nitrogens is 2. The first-order chi connectivity index (χ1) is 10.2. The van der Waals surface area contributed by atoms with Crippen molar-refractivity contribution in [3.8, 4) is 0 Å². The highest BCUT2D eigenvalue weighted by atomic mass is 35.5. The SMILES string of the molecule is Fc1ccc(C2CN(CCn3ccnc3)CCO2)c(Cl)c1. The zero-order valence-corrected chi connectivity index (χ0v) is 12.3. The molecule has 0 radical (unpaired) electrons. The summed E-state index contributed by atoms with van der Waals surface area (Å²) in [4.78, 5) is 6.36. The highest BCUT2D eigenvalue weighted by molar-refractivity contribution is 6.31. The number of benzene rings is 1. The first-order valence-corrected chi connectivity index (χ1v) is 7.35. The normalized spacial score (nSPS) is 19.8. The van der Waals surface area contributed by atoms with E-state index >= 15 is 0 Å². The number of morpholine rings is 1. The third-order valence-electron chi connectivity index (χ3n) is 3.69. The largest absolute Gasteiger partial charge is 0.371 e. The van der Waals surface area contributed by atoms with Gasteiger partial charge in [-0.3, -0.25) is 4.90 Å². The number of ether oxygens (including phenoxy) is 1. The van der Waals surface area contributed by atoms with Gasteiger partial charge in [-0.25, -0.2) is 9.37 Å². The van der Waals surface area contributed by atoms with Crippen LogP contribution >= 0.6 is 11.6 Å². The second-order valence-electron chi connectivity index (χ2n) is 5.13. The lowest BCUT2D eigenvalue weighted by molar-refractivity contribution is -0.0308. The second-order valence-corrected chi connectivity index (χ2v) is 5.53. The summed E-state index contributed by atoms with van der Waals surface area (Å²) in [6.07, 6.45) is 5.44. The summed E-state index contributed by atoms with van der Waals surface area (Å²) in [5.41, 5.74) is 0.852. The van der Waals surface area contributed by atoms with Crippen molar-refractivity contribution in [1.29, 1.82) is 0 Å². The van der Waals surface area contributed by atoms with E-state index < -0.39 is 0 Å². The Kier molecular flexibility index (Phi) is 4.53. The molecule has 2 heterocycles. The Bertz CT molecular complexity index is 591. The maximum atomic E-state index is 13.1. The molecule has 1 aromatic heterocycles. The van der Waals surface area contributed by atoms with Gasteiger partial charge in [0.05, 0.1) is 19.0 Å². The minimum atomic E-state index is -0.323. The van der Waals surface area contributed by atoms with Crippen LogP contribution in [0.2, 0.25) is 5.02 Å². The minimum Gasteiger partial charge on any atom is -0.371 e. The minimum absolute atomic E-state index is 0.102. The van der Waals surface area contributed by atoms with Crippen molar-refractivity contribution in [3.05, 3.63) is 53.3 Å². The van der Waals surface area contributed by atoms with E-state index in [1.54, 1.807) is 12.3 Å². The fraction of sp³-hybridized carbons (Fsp3) is 0.400. The predicted molar refractivity (Wildman–Crippen MR) is 78.8 cm³/mol. The lowest BCUT2D eigenvalue weighted by Crippen LogP contribution is -2.40. The van der Waals surface area contributed by atoms with Crippen molar-refractivity contribution in [2.75, 3.05) is 26.2 Å². The number of imidazole rings is 1. The van der Waals surface area contributed by atoms with Gasteiger partial charge in [-0.05, 0) is 12.1 Å². The van der Waals surface area contributed by atoms with Gasteiger partial charge in [0, 0.05) is 49.2 Å². The Morgan fingerprint density at radius 1 is 1.38 bits per heavy atom. The van der Waals surface area contributed by atoms with E-state index in [0.717, 1.165) is 31.7 Å². The molecule has 6 heteroatoms. The average Bonchev–Trinajstić information content (AvgIpc) is 2.99. The lowest BCUT2D eigenvalue weighted by atomic mass is 10.1. The Morgan fingerprint density at radius 2 is 2.29 bits per heavy atom. The van der Waals surface area contributed by atoms with Gasteiger partial charge in [0.1, 0.15) is 5.82 Å². The first kappa shape index (κ1) is 14.5. The summed E-state index contributed by atoms with van der Waals surface area (Å²) >= 11 is 6.12. The Hall–Kier alpha value is -1.43. The fourth-order valence-corrected chi connectivity index (χ4v) is 2.82. The van der Waals surface area contributed by atoms with Gasteiger partial charge in [-0.1, -0.05) is 17.7 Å². The topological polar surface area (TPSA) is 30.3 Å². The molecule has 0 amide bonds. The summed E-state index contributed by atoms with van der Waals surface area (Å²) in [7, 11) is 0. The summed E-state index contributed by atoms with van der Waals surface area (Å²) in [5.74, 6) is -0.323. The van der Waals surface area contributed by atoms with E-state index in [9.17, 15) is 4.39 Å². The van der Waals surface area contributed by atoms with Gasteiger partial charge in [0.15, 0.2) is 0 Å². The standard InChI is InChI=1S/C15H17ClFN3O/c16-14-9-12(17)1-2-13(14)15-10-19(7-8-21-15)5-6-20-4-3-18-11-20/h1-4,9,11,15H,5-8,10H2. The molecule has 0 bridgehead atoms. The molecule has 21 heavy (non-hydrogen) atoms. The summed E-state index contributed by atoms with van der Waals surface area (Å²) < 4.78 is 21.0. The van der Waals surface area contributed by atoms with Crippen LogP contribution in [0.1, 0.15) is 11.7 Å². The zero-order chi connectivity index (χ0) is 14.7. The highest BCUT2D eigenvalue weighted by Gasteiger charge is 2.23. The zero-order valence-electron chi connectivity index (χ0n) is 11.6. The van der Waals surface area contributed by atoms with Crippen LogP contribution in [0.4, 0.5) is 4.39 Å². The smallest absolute Gasteiger partial charge is 0.124 e. The van der Waals surface area contributed by atoms with E-state index in [-0.39, 0.29) is 11.9 Å². The van der Waals surface area contributed by atoms with Crippen LogP contribution < -0.4 is 0 Å². The van der Waals surface area contributed by atoms with E-state index in [1.807, 2.05) is 12.5 Å². The number of rotatable bonds is 4. The average molecular weight is 310 g/mol. The molecule has 0 aliphatic carbocycles. The second kappa shape index (κ2) is 6.56. The number of hydrogen-bond donors (Lipinski definition) is 0. The van der Waals surface area contributed by atoms with Gasteiger partial charge < -0.3 is 9.30 Å². The van der Waals surface area contributed by atoms with E-state index in [0.29, 0.717) is 11.6 Å². The van der Waals surface area contributed by atoms with Crippen LogP contribution in [-0.2, 0) is 11.3 Å². The molecule has 1 aliphatic rings. The van der Waals surface area contributed by atoms with Crippen LogP contribution in [0.5, 0.6) is 0 Å². The molecule has 0 saturated carbocycles. The molecule has 1 unspecified atom stereocenters. The molecule has 1 atom stereocenters. The van der Waals surface area contributed by atoms with Crippen molar-refractivity contribution in [3.63, 3.8) is 0 Å². The predicted octanol–water partition coefficient (Wildman–Crippen LogP) is 2.75. The molecular weight excluding hydrogens is 293 g/mol. The Morgan fingerprint density at radius 3 is 3.05 bits per heavy atom. The van der Waals surface area contributed by atoms with Gasteiger partial charge >= 0.3 is 0 Å². The van der Waals surface area contributed by atoms with Gasteiger partial charge in [-0.15, -0.1) is 0 Å². The number of nitrogens with zero attached hydrogens (tertiary/aromatic N) is 3. The van der Waals surface area contributed by atoms with Crippen molar-refractivity contribution in [2.45, 2.75) is 12.6 Å². The maximum Gasteiger partial charge on any atom is 0.124 e. The quantitative estimate of drug-likeness (QED) is 0.870.